The van der Waals surface area contributed by atoms with Gasteiger partial charge in [0.15, 0.2) is 0 Å². The van der Waals surface area contributed by atoms with Crippen molar-refractivity contribution in [2.24, 2.45) is 0 Å². The zero-order valence-corrected chi connectivity index (χ0v) is 12.2. The lowest BCUT2D eigenvalue weighted by atomic mass is 10.2. The molecule has 0 heterocycles. The number of benzene rings is 1. The molecule has 0 saturated carbocycles. The van der Waals surface area contributed by atoms with Crippen LogP contribution in [0.1, 0.15) is 24.2 Å². The number of hydrogen-bond acceptors (Lipinski definition) is 4. The van der Waals surface area contributed by atoms with Gasteiger partial charge in [-0.1, -0.05) is 6.92 Å². The molecule has 0 spiro atoms. The molecule has 0 amide bonds. The van der Waals surface area contributed by atoms with Crippen molar-refractivity contribution in [3.63, 3.8) is 0 Å². The van der Waals surface area contributed by atoms with Crippen molar-refractivity contribution in [2.75, 3.05) is 39.5 Å². The molecule has 0 unspecified atom stereocenters. The summed E-state index contributed by atoms with van der Waals surface area (Å²) >= 11 is 0. The Morgan fingerprint density at radius 2 is 1.80 bits per heavy atom. The molecule has 0 atom stereocenters. The number of nitrogens with zero attached hydrogens (tertiary/aromatic N) is 1. The predicted molar refractivity (Wildman–Crippen MR) is 77.5 cm³/mol. The molecule has 0 aliphatic rings. The van der Waals surface area contributed by atoms with E-state index in [1.54, 1.807) is 24.3 Å². The summed E-state index contributed by atoms with van der Waals surface area (Å²) in [6, 6.07) is 6.45. The topological polar surface area (TPSA) is 59.0 Å². The summed E-state index contributed by atoms with van der Waals surface area (Å²) in [5.74, 6) is -0.236. The number of hydrogen-bond donors (Lipinski definition) is 1. The number of aromatic carboxylic acids is 1. The number of carbonyl (C=O) groups is 1. The lowest BCUT2D eigenvalue weighted by Gasteiger charge is -2.20. The third-order valence-corrected chi connectivity index (χ3v) is 2.98. The van der Waals surface area contributed by atoms with E-state index >= 15 is 0 Å². The first-order valence-corrected chi connectivity index (χ1v) is 6.93. The maximum absolute atomic E-state index is 10.7. The van der Waals surface area contributed by atoms with Crippen LogP contribution >= 0.6 is 0 Å². The molecule has 1 N–H and O–H groups in total. The van der Waals surface area contributed by atoms with Crippen LogP contribution in [-0.4, -0.2) is 55.4 Å². The van der Waals surface area contributed by atoms with Gasteiger partial charge in [-0.15, -0.1) is 0 Å². The molecular formula is C15H23NO4. The Labute approximate surface area is 120 Å². The molecule has 5 nitrogen and oxygen atoms in total. The first kappa shape index (κ1) is 16.5. The molecule has 0 fully saturated rings. The fourth-order valence-corrected chi connectivity index (χ4v) is 1.75. The Bertz CT molecular complexity index is 391. The van der Waals surface area contributed by atoms with Gasteiger partial charge < -0.3 is 14.6 Å². The molecule has 112 valence electrons. The fraction of sp³-hybridized carbons (Fsp3) is 0.533. The molecule has 5 heteroatoms. The quantitative estimate of drug-likeness (QED) is 0.666. The van der Waals surface area contributed by atoms with E-state index in [-0.39, 0.29) is 5.56 Å². The summed E-state index contributed by atoms with van der Waals surface area (Å²) in [5, 5.41) is 8.80. The van der Waals surface area contributed by atoms with Gasteiger partial charge in [-0.2, -0.15) is 0 Å². The molecule has 20 heavy (non-hydrogen) atoms. The second-order valence-corrected chi connectivity index (χ2v) is 4.31. The average molecular weight is 281 g/mol. The highest BCUT2D eigenvalue weighted by atomic mass is 16.5. The highest BCUT2D eigenvalue weighted by molar-refractivity contribution is 5.87. The van der Waals surface area contributed by atoms with Crippen molar-refractivity contribution in [1.82, 2.24) is 4.90 Å². The third kappa shape index (κ3) is 6.04. The molecular weight excluding hydrogens is 258 g/mol. The molecule has 1 rings (SSSR count). The smallest absolute Gasteiger partial charge is 0.335 e. The summed E-state index contributed by atoms with van der Waals surface area (Å²) in [4.78, 5) is 13.0. The van der Waals surface area contributed by atoms with E-state index in [2.05, 4.69) is 11.8 Å². The van der Waals surface area contributed by atoms with Gasteiger partial charge in [-0.3, -0.25) is 4.90 Å². The van der Waals surface area contributed by atoms with Crippen LogP contribution in [0.4, 0.5) is 0 Å². The monoisotopic (exact) mass is 281 g/mol. The van der Waals surface area contributed by atoms with E-state index in [1.165, 1.54) is 0 Å². The maximum Gasteiger partial charge on any atom is 0.335 e. The summed E-state index contributed by atoms with van der Waals surface area (Å²) in [5.41, 5.74) is 0.268. The molecule has 0 bridgehead atoms. The van der Waals surface area contributed by atoms with E-state index in [0.29, 0.717) is 12.4 Å². The Morgan fingerprint density at radius 1 is 1.15 bits per heavy atom. The number of ether oxygens (including phenoxy) is 2. The van der Waals surface area contributed by atoms with Crippen LogP contribution in [0.5, 0.6) is 5.75 Å². The number of likely N-dealkylation sites (N-methyl/N-ethyl adjacent to an activating group) is 1. The fourth-order valence-electron chi connectivity index (χ4n) is 1.75. The van der Waals surface area contributed by atoms with Crippen LogP contribution in [0.25, 0.3) is 0 Å². The van der Waals surface area contributed by atoms with Crippen molar-refractivity contribution in [1.29, 1.82) is 0 Å². The molecule has 1 aromatic rings. The van der Waals surface area contributed by atoms with E-state index in [0.717, 1.165) is 32.8 Å². The van der Waals surface area contributed by atoms with Gasteiger partial charge >= 0.3 is 5.97 Å². The van der Waals surface area contributed by atoms with E-state index < -0.39 is 5.97 Å². The normalized spacial score (nSPS) is 10.8. The zero-order chi connectivity index (χ0) is 14.8. The number of rotatable bonds is 10. The van der Waals surface area contributed by atoms with Crippen LogP contribution in [0.2, 0.25) is 0 Å². The number of carboxylic acids is 1. The first-order chi connectivity index (χ1) is 9.67. The minimum atomic E-state index is -0.926. The van der Waals surface area contributed by atoms with Crippen molar-refractivity contribution in [3.8, 4) is 5.75 Å². The van der Waals surface area contributed by atoms with Gasteiger partial charge in [0.1, 0.15) is 12.4 Å². The standard InChI is InChI=1S/C15H23NO4/c1-3-16(9-11-19-4-2)10-12-20-14-7-5-13(6-8-14)15(17)18/h5-8H,3-4,9-12H2,1-2H3,(H,17,18). The Kier molecular flexibility index (Phi) is 7.69. The second-order valence-electron chi connectivity index (χ2n) is 4.31. The predicted octanol–water partition coefficient (Wildman–Crippen LogP) is 2.12. The van der Waals surface area contributed by atoms with Gasteiger partial charge in [0.2, 0.25) is 0 Å². The van der Waals surface area contributed by atoms with Gasteiger partial charge in [0, 0.05) is 19.7 Å². The Morgan fingerprint density at radius 3 is 2.35 bits per heavy atom. The number of carboxylic acid groups (broad SMARTS) is 1. The molecule has 0 radical (unpaired) electrons. The van der Waals surface area contributed by atoms with Crippen LogP contribution in [-0.2, 0) is 4.74 Å². The van der Waals surface area contributed by atoms with Crippen LogP contribution in [0.3, 0.4) is 0 Å². The minimum Gasteiger partial charge on any atom is -0.492 e. The second kappa shape index (κ2) is 9.34. The highest BCUT2D eigenvalue weighted by Crippen LogP contribution is 2.12. The van der Waals surface area contributed by atoms with Crippen LogP contribution in [0, 0.1) is 0 Å². The molecule has 0 aliphatic carbocycles. The van der Waals surface area contributed by atoms with Gasteiger partial charge in [0.25, 0.3) is 0 Å². The van der Waals surface area contributed by atoms with Crippen molar-refractivity contribution in [3.05, 3.63) is 29.8 Å². The van der Waals surface area contributed by atoms with Crippen LogP contribution in [0.15, 0.2) is 24.3 Å². The van der Waals surface area contributed by atoms with Gasteiger partial charge in [-0.05, 0) is 37.7 Å². The van der Waals surface area contributed by atoms with E-state index in [9.17, 15) is 4.79 Å². The summed E-state index contributed by atoms with van der Waals surface area (Å²) < 4.78 is 10.9. The van der Waals surface area contributed by atoms with Crippen molar-refractivity contribution >= 4 is 5.97 Å². The lowest BCUT2D eigenvalue weighted by Crippen LogP contribution is -2.31. The summed E-state index contributed by atoms with van der Waals surface area (Å²) in [6.07, 6.45) is 0. The van der Waals surface area contributed by atoms with Crippen LogP contribution < -0.4 is 4.74 Å². The zero-order valence-electron chi connectivity index (χ0n) is 12.2. The first-order valence-electron chi connectivity index (χ1n) is 6.93. The SMILES string of the molecule is CCOCCN(CC)CCOc1ccc(C(=O)O)cc1. The minimum absolute atomic E-state index is 0.268. The summed E-state index contributed by atoms with van der Waals surface area (Å²) in [6.45, 7) is 8.81. The average Bonchev–Trinajstić information content (AvgIpc) is 2.46. The lowest BCUT2D eigenvalue weighted by molar-refractivity contribution is 0.0697. The van der Waals surface area contributed by atoms with Gasteiger partial charge in [-0.25, -0.2) is 4.79 Å². The van der Waals surface area contributed by atoms with E-state index in [4.69, 9.17) is 14.6 Å². The van der Waals surface area contributed by atoms with Crippen molar-refractivity contribution in [2.45, 2.75) is 13.8 Å². The molecule has 0 saturated heterocycles. The largest absolute Gasteiger partial charge is 0.492 e. The molecule has 1 aromatic carbocycles. The maximum atomic E-state index is 10.7. The van der Waals surface area contributed by atoms with Crippen molar-refractivity contribution < 1.29 is 19.4 Å². The summed E-state index contributed by atoms with van der Waals surface area (Å²) in [7, 11) is 0. The van der Waals surface area contributed by atoms with Gasteiger partial charge in [0.05, 0.1) is 12.2 Å². The Hall–Kier alpha value is -1.59. The highest BCUT2D eigenvalue weighted by Gasteiger charge is 2.04. The third-order valence-electron chi connectivity index (χ3n) is 2.98. The molecule has 0 aliphatic heterocycles. The van der Waals surface area contributed by atoms with E-state index in [1.807, 2.05) is 6.92 Å². The Balaban J connectivity index is 2.29. The molecule has 0 aromatic heterocycles.